The average molecular weight is 630 g/mol. The van der Waals surface area contributed by atoms with Crippen molar-refractivity contribution in [2.24, 2.45) is 5.73 Å². The number of nitrogens with two attached hydrogens (primary N) is 1. The minimum Gasteiger partial charge on any atom is -0.493 e. The van der Waals surface area contributed by atoms with Crippen LogP contribution in [0.2, 0.25) is 0 Å². The number of hydrogen-bond acceptors (Lipinski definition) is 9. The van der Waals surface area contributed by atoms with Gasteiger partial charge in [0.2, 0.25) is 17.7 Å². The van der Waals surface area contributed by atoms with Crippen LogP contribution in [0.1, 0.15) is 56.9 Å². The third kappa shape index (κ3) is 9.55. The molecule has 46 heavy (non-hydrogen) atoms. The normalized spacial score (nSPS) is 15.4. The van der Waals surface area contributed by atoms with E-state index in [9.17, 15) is 14.4 Å². The number of ether oxygens (including phenoxy) is 2. The molecule has 12 heteroatoms. The predicted octanol–water partition coefficient (Wildman–Crippen LogP) is 3.26. The van der Waals surface area contributed by atoms with Gasteiger partial charge in [0.25, 0.3) is 0 Å². The molecule has 2 atom stereocenters. The predicted molar refractivity (Wildman–Crippen MR) is 177 cm³/mol. The number of terminal acetylenes is 1. The minimum absolute atomic E-state index is 0.144. The Morgan fingerprint density at radius 1 is 1.13 bits per heavy atom. The summed E-state index contributed by atoms with van der Waals surface area (Å²) in [7, 11) is 3.48. The standard InChI is InChI=1S/C34H43N7O5/c1-4-23-11-10-12-24(19-23)39-32-25-20-30(29(45-3)21-27(25)37-22-38-32)46-18-16-36-33(43)26(13-6-5-7-15-31(35)42)40-34(44)28-14-8-9-17-41(28)2/h1,10-12,19-22,26,28H,5-9,13-18H2,2-3H3,(H2,35,42)(H,36,43)(H,40,44)(H,37,38,39)/t26-,28?/m0/s1. The number of carbonyl (C=O) groups is 3. The van der Waals surface area contributed by atoms with Crippen molar-refractivity contribution in [3.05, 3.63) is 48.3 Å². The van der Waals surface area contributed by atoms with E-state index in [2.05, 4.69) is 31.8 Å². The zero-order valence-corrected chi connectivity index (χ0v) is 26.5. The van der Waals surface area contributed by atoms with E-state index in [-0.39, 0.29) is 36.9 Å². The summed E-state index contributed by atoms with van der Waals surface area (Å²) in [6.07, 6.45) is 12.6. The summed E-state index contributed by atoms with van der Waals surface area (Å²) in [5.74, 6) is 3.35. The van der Waals surface area contributed by atoms with E-state index < -0.39 is 6.04 Å². The van der Waals surface area contributed by atoms with Crippen molar-refractivity contribution in [2.45, 2.75) is 63.5 Å². The smallest absolute Gasteiger partial charge is 0.242 e. The van der Waals surface area contributed by atoms with Crippen LogP contribution in [0.3, 0.4) is 0 Å². The van der Waals surface area contributed by atoms with Crippen LogP contribution in [0.4, 0.5) is 11.5 Å². The topological polar surface area (TPSA) is 161 Å². The molecule has 12 nitrogen and oxygen atoms in total. The molecule has 1 fully saturated rings. The summed E-state index contributed by atoms with van der Waals surface area (Å²) in [4.78, 5) is 48.3. The number of benzene rings is 2. The van der Waals surface area contributed by atoms with E-state index in [1.807, 2.05) is 36.2 Å². The van der Waals surface area contributed by atoms with Gasteiger partial charge in [0.15, 0.2) is 11.5 Å². The number of aromatic nitrogens is 2. The fraction of sp³-hybridized carbons (Fsp3) is 0.441. The zero-order chi connectivity index (χ0) is 32.9. The molecule has 1 unspecified atom stereocenters. The first-order valence-corrected chi connectivity index (χ1v) is 15.6. The number of unbranched alkanes of at least 4 members (excludes halogenated alkanes) is 2. The maximum atomic E-state index is 13.3. The molecule has 0 aliphatic carbocycles. The molecule has 5 N–H and O–H groups in total. The number of piperidine rings is 1. The Bertz CT molecular complexity index is 1560. The van der Waals surface area contributed by atoms with Crippen LogP contribution in [0.15, 0.2) is 42.7 Å². The van der Waals surface area contributed by atoms with Gasteiger partial charge in [-0.1, -0.05) is 31.2 Å². The summed E-state index contributed by atoms with van der Waals surface area (Å²) in [5.41, 5.74) is 7.42. The molecule has 1 aromatic heterocycles. The number of likely N-dealkylation sites (N-methyl/N-ethyl adjacent to an activating group) is 1. The first-order chi connectivity index (χ1) is 22.3. The van der Waals surface area contributed by atoms with E-state index in [1.54, 1.807) is 19.2 Å². The van der Waals surface area contributed by atoms with Gasteiger partial charge >= 0.3 is 0 Å². The average Bonchev–Trinajstić information content (AvgIpc) is 3.05. The lowest BCUT2D eigenvalue weighted by atomic mass is 10.0. The van der Waals surface area contributed by atoms with Crippen molar-refractivity contribution in [1.29, 1.82) is 0 Å². The maximum Gasteiger partial charge on any atom is 0.242 e. The zero-order valence-electron chi connectivity index (χ0n) is 26.5. The number of rotatable bonds is 16. The van der Waals surface area contributed by atoms with Gasteiger partial charge in [-0.2, -0.15) is 0 Å². The van der Waals surface area contributed by atoms with Gasteiger partial charge in [-0.25, -0.2) is 9.97 Å². The van der Waals surface area contributed by atoms with Crippen molar-refractivity contribution < 1.29 is 23.9 Å². The summed E-state index contributed by atoms with van der Waals surface area (Å²) in [5, 5.41) is 9.87. The number of fused-ring (bicyclic) bond motifs is 1. The number of amides is 3. The van der Waals surface area contributed by atoms with Crippen LogP contribution in [-0.2, 0) is 14.4 Å². The van der Waals surface area contributed by atoms with Gasteiger partial charge in [0.1, 0.15) is 24.8 Å². The number of hydrogen-bond donors (Lipinski definition) is 4. The molecule has 0 saturated carbocycles. The quantitative estimate of drug-likeness (QED) is 0.138. The van der Waals surface area contributed by atoms with Crippen molar-refractivity contribution >= 4 is 40.1 Å². The number of nitrogens with one attached hydrogen (secondary N) is 3. The summed E-state index contributed by atoms with van der Waals surface area (Å²) in [6, 6.07) is 10.0. The highest BCUT2D eigenvalue weighted by Gasteiger charge is 2.29. The van der Waals surface area contributed by atoms with Gasteiger partial charge < -0.3 is 31.2 Å². The molecule has 1 aliphatic rings. The molecule has 0 spiro atoms. The monoisotopic (exact) mass is 629 g/mol. The van der Waals surface area contributed by atoms with Gasteiger partial charge in [0.05, 0.1) is 25.2 Å². The van der Waals surface area contributed by atoms with Crippen LogP contribution in [0.25, 0.3) is 10.9 Å². The van der Waals surface area contributed by atoms with E-state index in [1.165, 1.54) is 6.33 Å². The summed E-state index contributed by atoms with van der Waals surface area (Å²) < 4.78 is 11.6. The summed E-state index contributed by atoms with van der Waals surface area (Å²) in [6.45, 7) is 1.20. The Morgan fingerprint density at radius 2 is 1.98 bits per heavy atom. The first-order valence-electron chi connectivity index (χ1n) is 15.6. The largest absolute Gasteiger partial charge is 0.493 e. The number of nitrogens with zero attached hydrogens (tertiary/aromatic N) is 3. The van der Waals surface area contributed by atoms with E-state index in [0.29, 0.717) is 53.9 Å². The molecule has 4 rings (SSSR count). The Labute approximate surface area is 269 Å². The Hall–Kier alpha value is -4.89. The number of likely N-dealkylation sites (tertiary alicyclic amines) is 1. The van der Waals surface area contributed by atoms with Crippen LogP contribution < -0.4 is 31.2 Å². The highest BCUT2D eigenvalue weighted by molar-refractivity contribution is 5.93. The molecular formula is C34H43N7O5. The molecule has 2 aromatic carbocycles. The number of methoxy groups -OCH3 is 1. The second-order valence-electron chi connectivity index (χ2n) is 11.4. The van der Waals surface area contributed by atoms with Crippen molar-refractivity contribution in [3.8, 4) is 23.8 Å². The third-order valence-corrected chi connectivity index (χ3v) is 7.99. The number of primary amides is 1. The van der Waals surface area contributed by atoms with Gasteiger partial charge in [0, 0.05) is 29.1 Å². The van der Waals surface area contributed by atoms with Crippen molar-refractivity contribution in [2.75, 3.05) is 39.2 Å². The lowest BCUT2D eigenvalue weighted by molar-refractivity contribution is -0.132. The van der Waals surface area contributed by atoms with Crippen LogP contribution in [0.5, 0.6) is 11.5 Å². The Morgan fingerprint density at radius 3 is 2.74 bits per heavy atom. The van der Waals surface area contributed by atoms with Gasteiger partial charge in [-0.05, 0) is 63.5 Å². The highest BCUT2D eigenvalue weighted by atomic mass is 16.5. The SMILES string of the molecule is C#Cc1cccc(Nc2ncnc3cc(OC)c(OCCNC(=O)[C@H](CCCCCC(N)=O)NC(=O)C4CCCCN4C)cc23)c1. The minimum atomic E-state index is -0.703. The molecule has 1 saturated heterocycles. The molecular weight excluding hydrogens is 586 g/mol. The fourth-order valence-electron chi connectivity index (χ4n) is 5.49. The highest BCUT2D eigenvalue weighted by Crippen LogP contribution is 2.34. The van der Waals surface area contributed by atoms with Crippen molar-refractivity contribution in [3.63, 3.8) is 0 Å². The number of anilines is 2. The molecule has 1 aliphatic heterocycles. The molecule has 3 aromatic rings. The second-order valence-corrected chi connectivity index (χ2v) is 11.4. The van der Waals surface area contributed by atoms with Crippen LogP contribution in [-0.4, -0.2) is 78.5 Å². The van der Waals surface area contributed by atoms with Gasteiger partial charge in [-0.15, -0.1) is 6.42 Å². The van der Waals surface area contributed by atoms with Crippen LogP contribution >= 0.6 is 0 Å². The molecule has 3 amide bonds. The second kappa shape index (κ2) is 17.0. The van der Waals surface area contributed by atoms with E-state index in [4.69, 9.17) is 21.6 Å². The lowest BCUT2D eigenvalue weighted by Gasteiger charge is -2.32. The molecule has 2 heterocycles. The van der Waals surface area contributed by atoms with E-state index >= 15 is 0 Å². The third-order valence-electron chi connectivity index (χ3n) is 7.99. The maximum absolute atomic E-state index is 13.3. The van der Waals surface area contributed by atoms with Gasteiger partial charge in [-0.3, -0.25) is 19.3 Å². The Balaban J connectivity index is 1.39. The Kier molecular flexibility index (Phi) is 12.5. The molecule has 244 valence electrons. The van der Waals surface area contributed by atoms with E-state index in [0.717, 1.165) is 43.5 Å². The lowest BCUT2D eigenvalue weighted by Crippen LogP contribution is -2.54. The number of carbonyl (C=O) groups excluding carboxylic acids is 3. The summed E-state index contributed by atoms with van der Waals surface area (Å²) >= 11 is 0. The molecule has 0 bridgehead atoms. The fourth-order valence-corrected chi connectivity index (χ4v) is 5.49. The molecule has 0 radical (unpaired) electrons. The van der Waals surface area contributed by atoms with Crippen LogP contribution in [0, 0.1) is 12.3 Å². The first kappa shape index (κ1) is 34.0. The van der Waals surface area contributed by atoms with Crippen molar-refractivity contribution in [1.82, 2.24) is 25.5 Å².